The first kappa shape index (κ1) is 30.0. The predicted octanol–water partition coefficient (Wildman–Crippen LogP) is 6.77. The lowest BCUT2D eigenvalue weighted by Gasteiger charge is -2.39. The Morgan fingerprint density at radius 3 is 2.64 bits per heavy atom. The molecule has 6 nitrogen and oxygen atoms in total. The second kappa shape index (κ2) is 12.6. The molecule has 0 aromatic heterocycles. The Labute approximate surface area is 264 Å². The van der Waals surface area contributed by atoms with E-state index in [0.29, 0.717) is 6.04 Å². The first-order valence-electron chi connectivity index (χ1n) is 17.5. The van der Waals surface area contributed by atoms with Gasteiger partial charge in [-0.3, -0.25) is 4.90 Å². The van der Waals surface area contributed by atoms with Crippen molar-refractivity contribution in [2.24, 2.45) is 10.9 Å². The fraction of sp³-hybridized carbons (Fsp3) is 0.605. The number of rotatable bonds is 9. The van der Waals surface area contributed by atoms with Gasteiger partial charge in [-0.05, 0) is 118 Å². The van der Waals surface area contributed by atoms with Crippen LogP contribution in [0.4, 0.5) is 5.69 Å². The van der Waals surface area contributed by atoms with Gasteiger partial charge in [-0.2, -0.15) is 0 Å². The second-order valence-corrected chi connectivity index (χ2v) is 14.1. The van der Waals surface area contributed by atoms with Crippen LogP contribution in [-0.2, 0) is 11.2 Å². The van der Waals surface area contributed by atoms with Crippen molar-refractivity contribution in [2.45, 2.75) is 109 Å². The summed E-state index contributed by atoms with van der Waals surface area (Å²) < 4.78 is 6.69. The Kier molecular flexibility index (Phi) is 8.60. The Balaban J connectivity index is 1.22. The Hall–Kier alpha value is -2.67. The second-order valence-electron chi connectivity index (χ2n) is 14.1. The van der Waals surface area contributed by atoms with Gasteiger partial charge in [-0.25, -0.2) is 4.99 Å². The third-order valence-electron chi connectivity index (χ3n) is 11.5. The van der Waals surface area contributed by atoms with E-state index in [4.69, 9.17) is 9.73 Å². The van der Waals surface area contributed by atoms with Crippen LogP contribution in [0.5, 0.6) is 0 Å². The minimum atomic E-state index is -0.419. The fourth-order valence-corrected chi connectivity index (χ4v) is 9.21. The van der Waals surface area contributed by atoms with Crippen LogP contribution in [0.25, 0.3) is 10.8 Å². The van der Waals surface area contributed by atoms with Crippen molar-refractivity contribution in [3.05, 3.63) is 65.1 Å². The molecule has 5 aliphatic heterocycles. The van der Waals surface area contributed by atoms with Crippen molar-refractivity contribution >= 4 is 22.2 Å². The molecule has 2 aromatic rings. The summed E-state index contributed by atoms with van der Waals surface area (Å²) in [6, 6.07) is 14.1. The highest BCUT2D eigenvalue weighted by molar-refractivity contribution is 6.04. The summed E-state index contributed by atoms with van der Waals surface area (Å²) in [4.78, 5) is 10.7. The molecule has 7 rings (SSSR count). The van der Waals surface area contributed by atoms with Gasteiger partial charge in [-0.15, -0.1) is 0 Å². The third kappa shape index (κ3) is 5.52. The van der Waals surface area contributed by atoms with E-state index < -0.39 is 6.10 Å². The zero-order valence-corrected chi connectivity index (χ0v) is 27.2. The van der Waals surface area contributed by atoms with Crippen LogP contribution in [0, 0.1) is 5.92 Å². The molecular weight excluding hydrogens is 544 g/mol. The number of aryl methyl sites for hydroxylation is 1. The van der Waals surface area contributed by atoms with Crippen LogP contribution in [0.1, 0.15) is 84.1 Å². The van der Waals surface area contributed by atoms with E-state index in [1.54, 1.807) is 0 Å². The van der Waals surface area contributed by atoms with Crippen molar-refractivity contribution in [1.82, 2.24) is 10.2 Å². The van der Waals surface area contributed by atoms with E-state index in [1.807, 2.05) is 0 Å². The number of nitrogens with one attached hydrogen (secondary N) is 1. The summed E-state index contributed by atoms with van der Waals surface area (Å²) in [7, 11) is 0. The van der Waals surface area contributed by atoms with Gasteiger partial charge in [0.15, 0.2) is 0 Å². The van der Waals surface area contributed by atoms with Crippen molar-refractivity contribution in [2.75, 3.05) is 37.7 Å². The predicted molar refractivity (Wildman–Crippen MR) is 181 cm³/mol. The quantitative estimate of drug-likeness (QED) is 0.247. The zero-order chi connectivity index (χ0) is 30.3. The summed E-state index contributed by atoms with van der Waals surface area (Å²) in [6.45, 7) is 11.7. The normalized spacial score (nSPS) is 29.1. The van der Waals surface area contributed by atoms with E-state index in [-0.39, 0.29) is 17.5 Å². The van der Waals surface area contributed by atoms with Crippen LogP contribution in [0.2, 0.25) is 0 Å². The van der Waals surface area contributed by atoms with Gasteiger partial charge in [0.2, 0.25) is 5.88 Å². The van der Waals surface area contributed by atoms with E-state index >= 15 is 0 Å². The van der Waals surface area contributed by atoms with Gasteiger partial charge < -0.3 is 20.1 Å². The maximum Gasteiger partial charge on any atom is 0.209 e. The monoisotopic (exact) mass is 596 g/mol. The molecule has 0 saturated carbocycles. The molecule has 6 heteroatoms. The largest absolute Gasteiger partial charge is 0.476 e. The van der Waals surface area contributed by atoms with Crippen LogP contribution in [-0.4, -0.2) is 72.2 Å². The number of ether oxygens (including phenoxy) is 1. The molecule has 0 radical (unpaired) electrons. The fourth-order valence-electron chi connectivity index (χ4n) is 9.21. The third-order valence-corrected chi connectivity index (χ3v) is 11.5. The molecule has 4 unspecified atom stereocenters. The van der Waals surface area contributed by atoms with Crippen LogP contribution >= 0.6 is 0 Å². The number of fused-ring (bicyclic) bond motifs is 4. The molecule has 4 fully saturated rings. The average Bonchev–Trinajstić information content (AvgIpc) is 3.75. The summed E-state index contributed by atoms with van der Waals surface area (Å²) in [5.74, 6) is 0.795. The number of hydrogen-bond donors (Lipinski definition) is 2. The lowest BCUT2D eigenvalue weighted by atomic mass is 9.80. The van der Waals surface area contributed by atoms with Gasteiger partial charge in [0.25, 0.3) is 0 Å². The molecule has 4 saturated heterocycles. The van der Waals surface area contributed by atoms with E-state index in [2.05, 4.69) is 78.4 Å². The van der Waals surface area contributed by atoms with Crippen LogP contribution in [0.3, 0.4) is 0 Å². The van der Waals surface area contributed by atoms with Crippen molar-refractivity contribution < 1.29 is 9.84 Å². The van der Waals surface area contributed by atoms with Gasteiger partial charge in [-0.1, -0.05) is 44.2 Å². The SMILES string of the molecule is CC/C=C(/N=C(\C1=C(C)CN(c2cccc3cccc(CC)c23)CC1)C1CC2CCC(N2)C1O)OCC12CCCN1CCC2. The molecule has 5 heterocycles. The van der Waals surface area contributed by atoms with Crippen molar-refractivity contribution in [1.29, 1.82) is 0 Å². The summed E-state index contributed by atoms with van der Waals surface area (Å²) in [6.07, 6.45) is 12.7. The first-order chi connectivity index (χ1) is 21.5. The van der Waals surface area contributed by atoms with Crippen LogP contribution in [0.15, 0.2) is 64.5 Å². The molecule has 44 heavy (non-hydrogen) atoms. The molecule has 4 atom stereocenters. The number of aliphatic hydroxyl groups is 1. The van der Waals surface area contributed by atoms with Gasteiger partial charge in [0.1, 0.15) is 6.61 Å². The molecule has 5 aliphatic rings. The highest BCUT2D eigenvalue weighted by Crippen LogP contribution is 2.41. The van der Waals surface area contributed by atoms with Gasteiger partial charge in [0.05, 0.1) is 17.4 Å². The number of aliphatic hydroxyl groups excluding tert-OH is 1. The summed E-state index contributed by atoms with van der Waals surface area (Å²) >= 11 is 0. The maximum atomic E-state index is 11.7. The number of hydrogen-bond acceptors (Lipinski definition) is 6. The van der Waals surface area contributed by atoms with E-state index in [9.17, 15) is 5.11 Å². The topological polar surface area (TPSA) is 60.3 Å². The number of aliphatic imine (C=N–C) groups is 1. The highest BCUT2D eigenvalue weighted by Gasteiger charge is 2.46. The lowest BCUT2D eigenvalue weighted by Crippen LogP contribution is -2.52. The highest BCUT2D eigenvalue weighted by atomic mass is 16.5. The smallest absolute Gasteiger partial charge is 0.209 e. The standard InChI is InChI=1S/C38H52N4O2/c1-4-10-34(44-25-38-18-8-20-42(38)21-9-19-38)40-36(31-23-29-15-16-32(39-29)37(31)43)30-17-22-41(24-26(30)3)33-14-7-13-28-12-6-11-27(5-2)35(28)33/h6-7,10-14,29,31-32,37,39,43H,4-5,8-9,15-25H2,1-3H3/b34-10-,40-36+. The minimum Gasteiger partial charge on any atom is -0.476 e. The van der Waals surface area contributed by atoms with Crippen LogP contribution < -0.4 is 10.2 Å². The molecular formula is C38H52N4O2. The molecule has 0 spiro atoms. The molecule has 2 aromatic carbocycles. The molecule has 2 bridgehead atoms. The maximum absolute atomic E-state index is 11.7. The number of allylic oxidation sites excluding steroid dienone is 1. The minimum absolute atomic E-state index is 0.0333. The molecule has 2 N–H and O–H groups in total. The Morgan fingerprint density at radius 1 is 1.09 bits per heavy atom. The zero-order valence-electron chi connectivity index (χ0n) is 27.2. The number of anilines is 1. The Bertz CT molecular complexity index is 1440. The average molecular weight is 597 g/mol. The van der Waals surface area contributed by atoms with E-state index in [1.165, 1.54) is 71.9 Å². The van der Waals surface area contributed by atoms with E-state index in [0.717, 1.165) is 69.8 Å². The Morgan fingerprint density at radius 2 is 1.89 bits per heavy atom. The van der Waals surface area contributed by atoms with Gasteiger partial charge in [0, 0.05) is 42.2 Å². The molecule has 0 aliphatic carbocycles. The van der Waals surface area contributed by atoms with Crippen molar-refractivity contribution in [3.8, 4) is 0 Å². The summed E-state index contributed by atoms with van der Waals surface area (Å²) in [5, 5.41) is 18.1. The first-order valence-corrected chi connectivity index (χ1v) is 17.5. The number of nitrogens with zero attached hydrogens (tertiary/aromatic N) is 3. The van der Waals surface area contributed by atoms with Crippen molar-refractivity contribution in [3.63, 3.8) is 0 Å². The lowest BCUT2D eigenvalue weighted by molar-refractivity contribution is 0.0690. The summed E-state index contributed by atoms with van der Waals surface area (Å²) in [5.41, 5.74) is 6.73. The number of piperidine rings is 1. The number of benzene rings is 2. The molecule has 0 amide bonds. The van der Waals surface area contributed by atoms with Gasteiger partial charge >= 0.3 is 0 Å². The molecule has 236 valence electrons.